The number of anilines is 2. The highest BCUT2D eigenvalue weighted by Gasteiger charge is 2.05. The summed E-state index contributed by atoms with van der Waals surface area (Å²) in [5.41, 5.74) is 6.26. The summed E-state index contributed by atoms with van der Waals surface area (Å²) in [5, 5.41) is 6.71. The smallest absolute Gasteiger partial charge is 0.228 e. The first kappa shape index (κ1) is 12.9. The van der Waals surface area contributed by atoms with Gasteiger partial charge in [0.1, 0.15) is 11.6 Å². The molecule has 0 bridgehead atoms. The van der Waals surface area contributed by atoms with Gasteiger partial charge in [-0.1, -0.05) is 6.07 Å². The number of rotatable bonds is 5. The van der Waals surface area contributed by atoms with Crippen LogP contribution in [0.4, 0.5) is 11.5 Å². The van der Waals surface area contributed by atoms with Crippen molar-refractivity contribution in [3.8, 4) is 5.75 Å². The van der Waals surface area contributed by atoms with Gasteiger partial charge in [-0.3, -0.25) is 9.48 Å². The Labute approximate surface area is 111 Å². The van der Waals surface area contributed by atoms with Crippen LogP contribution in [0.15, 0.2) is 36.5 Å². The second-order valence-corrected chi connectivity index (χ2v) is 4.06. The van der Waals surface area contributed by atoms with E-state index in [1.807, 2.05) is 0 Å². The van der Waals surface area contributed by atoms with E-state index in [1.165, 1.54) is 0 Å². The summed E-state index contributed by atoms with van der Waals surface area (Å²) >= 11 is 0. The molecule has 0 aliphatic carbocycles. The maximum absolute atomic E-state index is 11.7. The number of ether oxygens (including phenoxy) is 1. The SMILES string of the molecule is Cn1nccc1NC(=O)CCOc1cccc(N)c1. The zero-order valence-electron chi connectivity index (χ0n) is 10.7. The van der Waals surface area contributed by atoms with Gasteiger partial charge in [0, 0.05) is 24.9 Å². The molecule has 0 saturated heterocycles. The third-order valence-corrected chi connectivity index (χ3v) is 2.54. The normalized spacial score (nSPS) is 10.2. The molecule has 0 radical (unpaired) electrons. The molecule has 0 aliphatic heterocycles. The maximum Gasteiger partial charge on any atom is 0.228 e. The number of aromatic nitrogens is 2. The summed E-state index contributed by atoms with van der Waals surface area (Å²) in [6.45, 7) is 0.299. The second kappa shape index (κ2) is 5.90. The lowest BCUT2D eigenvalue weighted by Crippen LogP contribution is -2.17. The van der Waals surface area contributed by atoms with Crippen LogP contribution in [0.25, 0.3) is 0 Å². The van der Waals surface area contributed by atoms with Crippen molar-refractivity contribution < 1.29 is 9.53 Å². The minimum Gasteiger partial charge on any atom is -0.493 e. The van der Waals surface area contributed by atoms with Crippen molar-refractivity contribution in [1.82, 2.24) is 9.78 Å². The Balaban J connectivity index is 1.77. The summed E-state index contributed by atoms with van der Waals surface area (Å²) < 4.78 is 7.04. The number of carbonyl (C=O) groups excluding carboxylic acids is 1. The summed E-state index contributed by atoms with van der Waals surface area (Å²) in [6.07, 6.45) is 1.89. The first-order valence-corrected chi connectivity index (χ1v) is 5.91. The molecular weight excluding hydrogens is 244 g/mol. The van der Waals surface area contributed by atoms with Crippen molar-refractivity contribution in [2.45, 2.75) is 6.42 Å². The zero-order valence-corrected chi connectivity index (χ0v) is 10.7. The summed E-state index contributed by atoms with van der Waals surface area (Å²) in [7, 11) is 1.76. The molecule has 6 heteroatoms. The Morgan fingerprint density at radius 1 is 1.47 bits per heavy atom. The van der Waals surface area contributed by atoms with E-state index in [9.17, 15) is 4.79 Å². The average molecular weight is 260 g/mol. The summed E-state index contributed by atoms with van der Waals surface area (Å²) in [5.74, 6) is 1.20. The van der Waals surface area contributed by atoms with E-state index in [2.05, 4.69) is 10.4 Å². The molecule has 2 rings (SSSR count). The number of aryl methyl sites for hydroxylation is 1. The molecule has 0 saturated carbocycles. The van der Waals surface area contributed by atoms with Crippen molar-refractivity contribution >= 4 is 17.4 Å². The number of nitrogens with zero attached hydrogens (tertiary/aromatic N) is 2. The number of amides is 1. The predicted octanol–water partition coefficient (Wildman–Crippen LogP) is 1.41. The number of nitrogen functional groups attached to an aromatic ring is 1. The van der Waals surface area contributed by atoms with E-state index in [0.717, 1.165) is 0 Å². The lowest BCUT2D eigenvalue weighted by atomic mass is 10.3. The Bertz CT molecular complexity index is 565. The predicted molar refractivity (Wildman–Crippen MR) is 72.8 cm³/mol. The first-order chi connectivity index (χ1) is 9.15. The molecule has 19 heavy (non-hydrogen) atoms. The lowest BCUT2D eigenvalue weighted by Gasteiger charge is -2.07. The van der Waals surface area contributed by atoms with Gasteiger partial charge in [-0.15, -0.1) is 0 Å². The topological polar surface area (TPSA) is 82.2 Å². The number of carbonyl (C=O) groups is 1. The van der Waals surface area contributed by atoms with E-state index < -0.39 is 0 Å². The Kier molecular flexibility index (Phi) is 4.02. The van der Waals surface area contributed by atoms with Crippen molar-refractivity contribution in [3.05, 3.63) is 36.5 Å². The summed E-state index contributed by atoms with van der Waals surface area (Å²) in [4.78, 5) is 11.7. The van der Waals surface area contributed by atoms with Gasteiger partial charge < -0.3 is 15.8 Å². The van der Waals surface area contributed by atoms with Crippen LogP contribution < -0.4 is 15.8 Å². The third kappa shape index (κ3) is 3.74. The highest BCUT2D eigenvalue weighted by Crippen LogP contribution is 2.14. The van der Waals surface area contributed by atoms with Gasteiger partial charge in [0.25, 0.3) is 0 Å². The number of nitrogens with one attached hydrogen (secondary N) is 1. The maximum atomic E-state index is 11.7. The van der Waals surface area contributed by atoms with Crippen LogP contribution in [-0.4, -0.2) is 22.3 Å². The van der Waals surface area contributed by atoms with E-state index >= 15 is 0 Å². The Hall–Kier alpha value is -2.50. The first-order valence-electron chi connectivity index (χ1n) is 5.91. The highest BCUT2D eigenvalue weighted by molar-refractivity contribution is 5.89. The number of hydrogen-bond donors (Lipinski definition) is 2. The fourth-order valence-electron chi connectivity index (χ4n) is 1.57. The monoisotopic (exact) mass is 260 g/mol. The van der Waals surface area contributed by atoms with Crippen LogP contribution in [0.3, 0.4) is 0 Å². The fraction of sp³-hybridized carbons (Fsp3) is 0.231. The van der Waals surface area contributed by atoms with Crippen molar-refractivity contribution in [1.29, 1.82) is 0 Å². The van der Waals surface area contributed by atoms with Gasteiger partial charge in [-0.2, -0.15) is 5.10 Å². The highest BCUT2D eigenvalue weighted by atomic mass is 16.5. The second-order valence-electron chi connectivity index (χ2n) is 4.06. The third-order valence-electron chi connectivity index (χ3n) is 2.54. The number of benzene rings is 1. The van der Waals surface area contributed by atoms with Crippen LogP contribution in [0.2, 0.25) is 0 Å². The van der Waals surface area contributed by atoms with Crippen LogP contribution in [0, 0.1) is 0 Å². The van der Waals surface area contributed by atoms with Crippen molar-refractivity contribution in [3.63, 3.8) is 0 Å². The molecule has 100 valence electrons. The van der Waals surface area contributed by atoms with E-state index in [1.54, 1.807) is 48.3 Å². The number of hydrogen-bond acceptors (Lipinski definition) is 4. The van der Waals surface area contributed by atoms with Gasteiger partial charge in [0.05, 0.1) is 19.2 Å². The van der Waals surface area contributed by atoms with Crippen molar-refractivity contribution in [2.24, 2.45) is 7.05 Å². The van der Waals surface area contributed by atoms with Crippen LogP contribution in [0.5, 0.6) is 5.75 Å². The van der Waals surface area contributed by atoms with E-state index in [-0.39, 0.29) is 12.3 Å². The Morgan fingerprint density at radius 3 is 3.00 bits per heavy atom. The van der Waals surface area contributed by atoms with Gasteiger partial charge >= 0.3 is 0 Å². The molecule has 6 nitrogen and oxygen atoms in total. The molecule has 1 aromatic heterocycles. The number of nitrogens with two attached hydrogens (primary N) is 1. The largest absolute Gasteiger partial charge is 0.493 e. The van der Waals surface area contributed by atoms with Crippen LogP contribution in [0.1, 0.15) is 6.42 Å². The standard InChI is InChI=1S/C13H16N4O2/c1-17-12(5-7-15-17)16-13(18)6-8-19-11-4-2-3-10(14)9-11/h2-5,7,9H,6,8,14H2,1H3,(H,16,18). The quantitative estimate of drug-likeness (QED) is 0.796. The van der Waals surface area contributed by atoms with Gasteiger partial charge in [0.15, 0.2) is 0 Å². The van der Waals surface area contributed by atoms with Gasteiger partial charge in [-0.25, -0.2) is 0 Å². The molecular formula is C13H16N4O2. The van der Waals surface area contributed by atoms with Gasteiger partial charge in [0.2, 0.25) is 5.91 Å². The molecule has 0 unspecified atom stereocenters. The van der Waals surface area contributed by atoms with Crippen molar-refractivity contribution in [2.75, 3.05) is 17.7 Å². The van der Waals surface area contributed by atoms with E-state index in [0.29, 0.717) is 23.9 Å². The molecule has 0 atom stereocenters. The Morgan fingerprint density at radius 2 is 2.32 bits per heavy atom. The molecule has 1 aromatic carbocycles. The fourth-order valence-corrected chi connectivity index (χ4v) is 1.57. The van der Waals surface area contributed by atoms with Gasteiger partial charge in [-0.05, 0) is 12.1 Å². The minimum atomic E-state index is -0.118. The van der Waals surface area contributed by atoms with Crippen LogP contribution >= 0.6 is 0 Å². The summed E-state index contributed by atoms with van der Waals surface area (Å²) in [6, 6.07) is 8.84. The molecule has 0 spiro atoms. The molecule has 3 N–H and O–H groups in total. The minimum absolute atomic E-state index is 0.118. The molecule has 1 heterocycles. The lowest BCUT2D eigenvalue weighted by molar-refractivity contribution is -0.116. The van der Waals surface area contributed by atoms with E-state index in [4.69, 9.17) is 10.5 Å². The molecule has 2 aromatic rings. The zero-order chi connectivity index (χ0) is 13.7. The van der Waals surface area contributed by atoms with Crippen LogP contribution in [-0.2, 0) is 11.8 Å². The average Bonchev–Trinajstić information content (AvgIpc) is 2.75. The molecule has 0 aliphatic rings. The molecule has 0 fully saturated rings. The molecule has 1 amide bonds.